The van der Waals surface area contributed by atoms with E-state index in [0.29, 0.717) is 6.54 Å². The summed E-state index contributed by atoms with van der Waals surface area (Å²) in [7, 11) is 0. The monoisotopic (exact) mass is 288 g/mol. The summed E-state index contributed by atoms with van der Waals surface area (Å²) in [6.45, 7) is 4.68. The van der Waals surface area contributed by atoms with Crippen LogP contribution in [0.5, 0.6) is 0 Å². The van der Waals surface area contributed by atoms with Crippen LogP contribution in [0.4, 0.5) is 5.69 Å². The van der Waals surface area contributed by atoms with Crippen LogP contribution in [0, 0.1) is 15.5 Å². The molecule has 0 aliphatic carbocycles. The van der Waals surface area contributed by atoms with E-state index in [0.717, 1.165) is 5.33 Å². The fourth-order valence-corrected chi connectivity index (χ4v) is 1.46. The van der Waals surface area contributed by atoms with Gasteiger partial charge in [0.15, 0.2) is 0 Å². The molecule has 0 radical (unpaired) electrons. The number of nitrogens with zero attached hydrogens (tertiary/aromatic N) is 2. The normalized spacial score (nSPS) is 11.4. The molecule has 0 aliphatic heterocycles. The average Bonchev–Trinajstić information content (AvgIpc) is 2.20. The van der Waals surface area contributed by atoms with Crippen molar-refractivity contribution < 1.29 is 4.92 Å². The molecular formula is C10H13BrN2O3. The van der Waals surface area contributed by atoms with Gasteiger partial charge in [-0.05, 0) is 5.41 Å². The Morgan fingerprint density at radius 2 is 2.19 bits per heavy atom. The van der Waals surface area contributed by atoms with Crippen molar-refractivity contribution in [1.29, 1.82) is 0 Å². The topological polar surface area (TPSA) is 65.1 Å². The van der Waals surface area contributed by atoms with Crippen molar-refractivity contribution in [3.8, 4) is 0 Å². The Morgan fingerprint density at radius 3 is 2.69 bits per heavy atom. The largest absolute Gasteiger partial charge is 0.347 e. The first-order valence-corrected chi connectivity index (χ1v) is 5.88. The first-order chi connectivity index (χ1) is 7.35. The standard InChI is InChI=1S/C10H13BrN2O3/c1-10(2,6-11)7-12-4-3-9(14)8(5-12)13(15)16/h3-5H,6-7H2,1-2H3. The summed E-state index contributed by atoms with van der Waals surface area (Å²) in [6.07, 6.45) is 2.85. The van der Waals surface area contributed by atoms with E-state index in [-0.39, 0.29) is 11.1 Å². The van der Waals surface area contributed by atoms with Crippen LogP contribution in [-0.4, -0.2) is 14.8 Å². The molecule has 16 heavy (non-hydrogen) atoms. The lowest BCUT2D eigenvalue weighted by atomic mass is 9.97. The minimum atomic E-state index is -0.653. The summed E-state index contributed by atoms with van der Waals surface area (Å²) >= 11 is 3.38. The molecule has 1 aromatic heterocycles. The summed E-state index contributed by atoms with van der Waals surface area (Å²) in [5.41, 5.74) is -0.964. The molecule has 1 heterocycles. The van der Waals surface area contributed by atoms with Gasteiger partial charge in [0, 0.05) is 24.1 Å². The maximum Gasteiger partial charge on any atom is 0.332 e. The highest BCUT2D eigenvalue weighted by Gasteiger charge is 2.18. The first-order valence-electron chi connectivity index (χ1n) is 4.76. The van der Waals surface area contributed by atoms with Crippen molar-refractivity contribution in [2.45, 2.75) is 20.4 Å². The van der Waals surface area contributed by atoms with Crippen molar-refractivity contribution in [3.05, 3.63) is 38.8 Å². The molecule has 1 aromatic rings. The molecule has 0 spiro atoms. The summed E-state index contributed by atoms with van der Waals surface area (Å²) in [6, 6.07) is 1.22. The van der Waals surface area contributed by atoms with Gasteiger partial charge in [0.05, 0.1) is 11.1 Å². The Bertz CT molecular complexity index is 454. The van der Waals surface area contributed by atoms with Gasteiger partial charge >= 0.3 is 5.69 Å². The molecule has 6 heteroatoms. The maximum absolute atomic E-state index is 11.2. The third-order valence-electron chi connectivity index (χ3n) is 2.13. The van der Waals surface area contributed by atoms with E-state index in [4.69, 9.17) is 0 Å². The minimum Gasteiger partial charge on any atom is -0.347 e. The molecule has 0 saturated carbocycles. The second-order valence-corrected chi connectivity index (χ2v) is 4.98. The van der Waals surface area contributed by atoms with Crippen LogP contribution >= 0.6 is 15.9 Å². The van der Waals surface area contributed by atoms with E-state index >= 15 is 0 Å². The average molecular weight is 289 g/mol. The zero-order chi connectivity index (χ0) is 12.3. The Kier molecular flexibility index (Phi) is 3.85. The Labute approximate surface area is 101 Å². The van der Waals surface area contributed by atoms with Crippen LogP contribution in [0.1, 0.15) is 13.8 Å². The molecule has 0 amide bonds. The summed E-state index contributed by atoms with van der Waals surface area (Å²) in [4.78, 5) is 21.1. The van der Waals surface area contributed by atoms with Crippen LogP contribution < -0.4 is 5.43 Å². The number of rotatable bonds is 4. The van der Waals surface area contributed by atoms with Gasteiger partial charge in [-0.2, -0.15) is 0 Å². The van der Waals surface area contributed by atoms with E-state index in [9.17, 15) is 14.9 Å². The second-order valence-electron chi connectivity index (χ2n) is 4.42. The molecule has 88 valence electrons. The molecule has 0 fully saturated rings. The zero-order valence-electron chi connectivity index (χ0n) is 9.14. The van der Waals surface area contributed by atoms with Gasteiger partial charge in [-0.3, -0.25) is 14.9 Å². The Balaban J connectivity index is 3.05. The van der Waals surface area contributed by atoms with E-state index in [2.05, 4.69) is 15.9 Å². The summed E-state index contributed by atoms with van der Waals surface area (Å²) in [5, 5.41) is 11.4. The smallest absolute Gasteiger partial charge is 0.332 e. The number of pyridine rings is 1. The quantitative estimate of drug-likeness (QED) is 0.485. The van der Waals surface area contributed by atoms with Crippen LogP contribution in [-0.2, 0) is 6.54 Å². The predicted octanol–water partition coefficient (Wildman–Crippen LogP) is 2.18. The third kappa shape index (κ3) is 3.16. The van der Waals surface area contributed by atoms with Gasteiger partial charge in [0.25, 0.3) is 5.43 Å². The number of nitro groups is 1. The molecule has 0 aromatic carbocycles. The molecular weight excluding hydrogens is 276 g/mol. The number of aromatic nitrogens is 1. The van der Waals surface area contributed by atoms with Crippen molar-refractivity contribution in [2.24, 2.45) is 5.41 Å². The van der Waals surface area contributed by atoms with Gasteiger partial charge < -0.3 is 4.57 Å². The molecule has 1 rings (SSSR count). The lowest BCUT2D eigenvalue weighted by Gasteiger charge is -2.22. The number of alkyl halides is 1. The fourth-order valence-electron chi connectivity index (χ4n) is 1.28. The molecule has 0 bridgehead atoms. The SMILES string of the molecule is CC(C)(CBr)Cn1ccc(=O)c([N+](=O)[O-])c1. The van der Waals surface area contributed by atoms with E-state index in [1.165, 1.54) is 12.3 Å². The van der Waals surface area contributed by atoms with Gasteiger partial charge in [-0.15, -0.1) is 0 Å². The lowest BCUT2D eigenvalue weighted by Crippen LogP contribution is -2.22. The maximum atomic E-state index is 11.2. The van der Waals surface area contributed by atoms with Crippen LogP contribution in [0.25, 0.3) is 0 Å². The van der Waals surface area contributed by atoms with Crippen LogP contribution in [0.2, 0.25) is 0 Å². The Morgan fingerprint density at radius 1 is 1.56 bits per heavy atom. The van der Waals surface area contributed by atoms with E-state index in [1.807, 2.05) is 13.8 Å². The number of halogens is 1. The molecule has 0 atom stereocenters. The molecule has 0 unspecified atom stereocenters. The van der Waals surface area contributed by atoms with Crippen molar-refractivity contribution in [2.75, 3.05) is 5.33 Å². The van der Waals surface area contributed by atoms with Gasteiger partial charge in [-0.25, -0.2) is 0 Å². The van der Waals surface area contributed by atoms with E-state index < -0.39 is 10.4 Å². The van der Waals surface area contributed by atoms with Gasteiger partial charge in [-0.1, -0.05) is 29.8 Å². The molecule has 0 aliphatic rings. The van der Waals surface area contributed by atoms with Gasteiger partial charge in [0.2, 0.25) is 0 Å². The molecule has 0 saturated heterocycles. The van der Waals surface area contributed by atoms with Crippen LogP contribution in [0.3, 0.4) is 0 Å². The zero-order valence-corrected chi connectivity index (χ0v) is 10.7. The van der Waals surface area contributed by atoms with Crippen molar-refractivity contribution >= 4 is 21.6 Å². The van der Waals surface area contributed by atoms with Crippen LogP contribution in [0.15, 0.2) is 23.3 Å². The molecule has 5 nitrogen and oxygen atoms in total. The highest BCUT2D eigenvalue weighted by atomic mass is 79.9. The summed E-state index contributed by atoms with van der Waals surface area (Å²) in [5.74, 6) is 0. The first kappa shape index (κ1) is 12.9. The number of hydrogen-bond acceptors (Lipinski definition) is 3. The van der Waals surface area contributed by atoms with Gasteiger partial charge in [0.1, 0.15) is 0 Å². The molecule has 0 N–H and O–H groups in total. The number of hydrogen-bond donors (Lipinski definition) is 0. The minimum absolute atomic E-state index is 0.0249. The lowest BCUT2D eigenvalue weighted by molar-refractivity contribution is -0.386. The highest BCUT2D eigenvalue weighted by Crippen LogP contribution is 2.21. The third-order valence-corrected chi connectivity index (χ3v) is 3.64. The highest BCUT2D eigenvalue weighted by molar-refractivity contribution is 9.09. The fraction of sp³-hybridized carbons (Fsp3) is 0.500. The predicted molar refractivity (Wildman–Crippen MR) is 64.9 cm³/mol. The van der Waals surface area contributed by atoms with E-state index in [1.54, 1.807) is 10.8 Å². The van der Waals surface area contributed by atoms with Crippen molar-refractivity contribution in [3.63, 3.8) is 0 Å². The Hall–Kier alpha value is -1.17. The van der Waals surface area contributed by atoms with Crippen molar-refractivity contribution in [1.82, 2.24) is 4.57 Å². The summed E-state index contributed by atoms with van der Waals surface area (Å²) < 4.78 is 1.67. The second kappa shape index (κ2) is 4.78.